The van der Waals surface area contributed by atoms with Gasteiger partial charge >= 0.3 is 0 Å². The van der Waals surface area contributed by atoms with E-state index in [9.17, 15) is 0 Å². The van der Waals surface area contributed by atoms with Crippen molar-refractivity contribution in [2.24, 2.45) is 5.73 Å². The first-order chi connectivity index (χ1) is 5.43. The summed E-state index contributed by atoms with van der Waals surface area (Å²) >= 11 is 0. The van der Waals surface area contributed by atoms with Gasteiger partial charge in [-0.1, -0.05) is 0 Å². The lowest BCUT2D eigenvalue weighted by Crippen LogP contribution is -2.22. The molecule has 0 bridgehead atoms. The minimum Gasteiger partial charge on any atom is -0.405 e. The maximum Gasteiger partial charge on any atom is 0.157 e. The monoisotopic (exact) mass is 157 g/mol. The standard InChI is InChI=1S/C8H15NO2/c9-5-3-7-11-8-4-1-2-6-10-8/h3,5,8H,1-2,4,6-7,9H2/b5-3-. The molecule has 3 nitrogen and oxygen atoms in total. The zero-order valence-electron chi connectivity index (χ0n) is 6.66. The first-order valence-corrected chi connectivity index (χ1v) is 4.03. The van der Waals surface area contributed by atoms with Crippen LogP contribution in [0, 0.1) is 0 Å². The highest BCUT2D eigenvalue weighted by atomic mass is 16.7. The highest BCUT2D eigenvalue weighted by Crippen LogP contribution is 2.13. The van der Waals surface area contributed by atoms with E-state index in [-0.39, 0.29) is 6.29 Å². The van der Waals surface area contributed by atoms with Crippen molar-refractivity contribution in [3.63, 3.8) is 0 Å². The minimum absolute atomic E-state index is 0.0000463. The maximum absolute atomic E-state index is 5.33. The molecule has 0 radical (unpaired) electrons. The summed E-state index contributed by atoms with van der Waals surface area (Å²) in [7, 11) is 0. The number of ether oxygens (including phenoxy) is 2. The van der Waals surface area contributed by atoms with Crippen LogP contribution in [0.15, 0.2) is 12.3 Å². The minimum atomic E-state index is -0.0000463. The Morgan fingerprint density at radius 3 is 3.09 bits per heavy atom. The fraction of sp³-hybridized carbons (Fsp3) is 0.750. The number of rotatable bonds is 3. The van der Waals surface area contributed by atoms with Crippen molar-refractivity contribution in [2.45, 2.75) is 25.6 Å². The van der Waals surface area contributed by atoms with Crippen LogP contribution in [0.1, 0.15) is 19.3 Å². The van der Waals surface area contributed by atoms with Crippen LogP contribution in [0.4, 0.5) is 0 Å². The molecule has 1 rings (SSSR count). The van der Waals surface area contributed by atoms with E-state index in [4.69, 9.17) is 15.2 Å². The molecule has 1 unspecified atom stereocenters. The predicted molar refractivity (Wildman–Crippen MR) is 42.9 cm³/mol. The molecule has 1 heterocycles. The van der Waals surface area contributed by atoms with Crippen molar-refractivity contribution < 1.29 is 9.47 Å². The summed E-state index contributed by atoms with van der Waals surface area (Å²) in [4.78, 5) is 0. The van der Waals surface area contributed by atoms with Gasteiger partial charge in [-0.2, -0.15) is 0 Å². The lowest BCUT2D eigenvalue weighted by atomic mass is 10.2. The first kappa shape index (κ1) is 8.56. The second-order valence-corrected chi connectivity index (χ2v) is 2.56. The molecular weight excluding hydrogens is 142 g/mol. The maximum atomic E-state index is 5.33. The fourth-order valence-electron chi connectivity index (χ4n) is 1.06. The second kappa shape index (κ2) is 5.16. The van der Waals surface area contributed by atoms with Crippen LogP contribution in [-0.2, 0) is 9.47 Å². The number of hydrogen-bond donors (Lipinski definition) is 1. The van der Waals surface area contributed by atoms with Gasteiger partial charge in [-0.3, -0.25) is 0 Å². The molecule has 1 aliphatic rings. The third kappa shape index (κ3) is 3.39. The SMILES string of the molecule is N/C=C\COC1CCCCO1. The van der Waals surface area contributed by atoms with E-state index in [1.54, 1.807) is 6.08 Å². The molecular formula is C8H15NO2. The molecule has 11 heavy (non-hydrogen) atoms. The molecule has 64 valence electrons. The Kier molecular flexibility index (Phi) is 4.01. The van der Waals surface area contributed by atoms with Crippen molar-refractivity contribution >= 4 is 0 Å². The Morgan fingerprint density at radius 2 is 2.45 bits per heavy atom. The summed E-state index contributed by atoms with van der Waals surface area (Å²) in [5.74, 6) is 0. The van der Waals surface area contributed by atoms with Crippen molar-refractivity contribution in [1.82, 2.24) is 0 Å². The van der Waals surface area contributed by atoms with Gasteiger partial charge in [-0.05, 0) is 31.5 Å². The molecule has 0 saturated carbocycles. The van der Waals surface area contributed by atoms with Crippen LogP contribution in [-0.4, -0.2) is 19.5 Å². The van der Waals surface area contributed by atoms with Crippen molar-refractivity contribution in [2.75, 3.05) is 13.2 Å². The quantitative estimate of drug-likeness (QED) is 0.664. The zero-order valence-corrected chi connectivity index (χ0v) is 6.66. The lowest BCUT2D eigenvalue weighted by molar-refractivity contribution is -0.155. The van der Waals surface area contributed by atoms with Gasteiger partial charge in [0, 0.05) is 6.61 Å². The van der Waals surface area contributed by atoms with Crippen LogP contribution in [0.2, 0.25) is 0 Å². The van der Waals surface area contributed by atoms with Gasteiger partial charge in [0.15, 0.2) is 6.29 Å². The molecule has 0 aromatic rings. The van der Waals surface area contributed by atoms with Crippen molar-refractivity contribution in [1.29, 1.82) is 0 Å². The number of nitrogens with two attached hydrogens (primary N) is 1. The summed E-state index contributed by atoms with van der Waals surface area (Å²) in [5, 5.41) is 0. The lowest BCUT2D eigenvalue weighted by Gasteiger charge is -2.21. The molecule has 3 heteroatoms. The molecule has 0 aliphatic carbocycles. The van der Waals surface area contributed by atoms with Crippen molar-refractivity contribution in [3.8, 4) is 0 Å². The highest BCUT2D eigenvalue weighted by Gasteiger charge is 2.12. The first-order valence-electron chi connectivity index (χ1n) is 4.03. The largest absolute Gasteiger partial charge is 0.405 e. The van der Waals surface area contributed by atoms with Crippen LogP contribution < -0.4 is 5.73 Å². The van der Waals surface area contributed by atoms with Gasteiger partial charge in [0.25, 0.3) is 0 Å². The molecule has 1 aliphatic heterocycles. The average molecular weight is 157 g/mol. The smallest absolute Gasteiger partial charge is 0.157 e. The molecule has 0 aromatic carbocycles. The molecule has 1 fully saturated rings. The van der Waals surface area contributed by atoms with Gasteiger partial charge in [-0.25, -0.2) is 0 Å². The molecule has 1 saturated heterocycles. The Morgan fingerprint density at radius 1 is 1.55 bits per heavy atom. The van der Waals surface area contributed by atoms with Crippen LogP contribution in [0.25, 0.3) is 0 Å². The van der Waals surface area contributed by atoms with Gasteiger partial charge in [0.1, 0.15) is 0 Å². The topological polar surface area (TPSA) is 44.5 Å². The summed E-state index contributed by atoms with van der Waals surface area (Å²) in [6, 6.07) is 0. The second-order valence-electron chi connectivity index (χ2n) is 2.56. The predicted octanol–water partition coefficient (Wildman–Crippen LogP) is 1.00. The Hall–Kier alpha value is -0.540. The van der Waals surface area contributed by atoms with Gasteiger partial charge in [0.2, 0.25) is 0 Å². The summed E-state index contributed by atoms with van der Waals surface area (Å²) in [6.07, 6.45) is 6.64. The van der Waals surface area contributed by atoms with Crippen molar-refractivity contribution in [3.05, 3.63) is 12.3 Å². The van der Waals surface area contributed by atoms with E-state index in [2.05, 4.69) is 0 Å². The van der Waals surface area contributed by atoms with Crippen LogP contribution in [0.3, 0.4) is 0 Å². The average Bonchev–Trinajstić information content (AvgIpc) is 2.07. The molecule has 2 N–H and O–H groups in total. The summed E-state index contributed by atoms with van der Waals surface area (Å²) < 4.78 is 10.7. The van der Waals surface area contributed by atoms with E-state index in [0.717, 1.165) is 19.4 Å². The Labute approximate surface area is 67.2 Å². The summed E-state index contributed by atoms with van der Waals surface area (Å²) in [6.45, 7) is 1.39. The van der Waals surface area contributed by atoms with Crippen LogP contribution >= 0.6 is 0 Å². The highest BCUT2D eigenvalue weighted by molar-refractivity contribution is 4.74. The molecule has 0 spiro atoms. The van der Waals surface area contributed by atoms with Gasteiger partial charge < -0.3 is 15.2 Å². The third-order valence-corrected chi connectivity index (χ3v) is 1.65. The van der Waals surface area contributed by atoms with E-state index in [0.29, 0.717) is 6.61 Å². The normalized spacial score (nSPS) is 26.0. The van der Waals surface area contributed by atoms with Crippen LogP contribution in [0.5, 0.6) is 0 Å². The van der Waals surface area contributed by atoms with E-state index in [1.807, 2.05) is 0 Å². The molecule has 1 atom stereocenters. The third-order valence-electron chi connectivity index (χ3n) is 1.65. The Balaban J connectivity index is 2.04. The van der Waals surface area contributed by atoms with E-state index in [1.165, 1.54) is 12.6 Å². The fourth-order valence-corrected chi connectivity index (χ4v) is 1.06. The Bertz CT molecular complexity index is 119. The van der Waals surface area contributed by atoms with E-state index >= 15 is 0 Å². The van der Waals surface area contributed by atoms with E-state index < -0.39 is 0 Å². The summed E-state index contributed by atoms with van der Waals surface area (Å²) in [5.41, 5.74) is 5.14. The number of hydrogen-bond acceptors (Lipinski definition) is 3. The van der Waals surface area contributed by atoms with Gasteiger partial charge in [-0.15, -0.1) is 0 Å². The molecule has 0 aromatic heterocycles. The van der Waals surface area contributed by atoms with Gasteiger partial charge in [0.05, 0.1) is 6.61 Å². The molecule has 0 amide bonds. The zero-order chi connectivity index (χ0) is 7.94.